The molecule has 0 N–H and O–H groups in total. The molecule has 3 nitrogen and oxygen atoms in total. The molecule has 1 aliphatic rings. The van der Waals surface area contributed by atoms with Crippen molar-refractivity contribution in [1.29, 1.82) is 0 Å². The summed E-state index contributed by atoms with van der Waals surface area (Å²) in [6, 6.07) is 85.9. The fourth-order valence-corrected chi connectivity index (χ4v) is 8.39. The summed E-state index contributed by atoms with van der Waals surface area (Å²) in [5.41, 5.74) is 13.1. The zero-order valence-corrected chi connectivity index (χ0v) is 31.9. The molecule has 58 heavy (non-hydrogen) atoms. The highest BCUT2D eigenvalue weighted by Crippen LogP contribution is 2.53. The predicted molar refractivity (Wildman–Crippen MR) is 240 cm³/mol. The van der Waals surface area contributed by atoms with Gasteiger partial charge in [0.15, 0.2) is 5.60 Å². The van der Waals surface area contributed by atoms with Gasteiger partial charge in [0.05, 0.1) is 0 Å². The summed E-state index contributed by atoms with van der Waals surface area (Å²) >= 11 is 0. The van der Waals surface area contributed by atoms with Crippen LogP contribution in [0.5, 0.6) is 5.75 Å². The van der Waals surface area contributed by atoms with Crippen LogP contribution in [-0.4, -0.2) is 0 Å². The molecule has 1 unspecified atom stereocenters. The van der Waals surface area contributed by atoms with Crippen LogP contribution in [0.2, 0.25) is 0 Å². The number of anilines is 6. The molecule has 0 aromatic heterocycles. The largest absolute Gasteiger partial charge is 0.472 e. The topological polar surface area (TPSA) is 15.7 Å². The molecule has 1 atom stereocenters. The first kappa shape index (κ1) is 34.8. The van der Waals surface area contributed by atoms with Gasteiger partial charge in [-0.3, -0.25) is 0 Å². The van der Waals surface area contributed by atoms with Crippen LogP contribution < -0.4 is 14.5 Å². The maximum absolute atomic E-state index is 7.70. The Labute approximate surface area is 340 Å². The van der Waals surface area contributed by atoms with Crippen molar-refractivity contribution in [3.05, 3.63) is 259 Å². The summed E-state index contributed by atoms with van der Waals surface area (Å²) in [5, 5.41) is 0. The smallest absolute Gasteiger partial charge is 0.185 e. The SMILES string of the molecule is c1ccc(-c2cccc(C3(c4ccc(N(c5ccccc5)c5ccccc5)cc4)Oc4cc(N(c5ccccc5)c5ccccc5)ccc4-c4ccccc43)c2)cc1. The van der Waals surface area contributed by atoms with Crippen molar-refractivity contribution in [2.75, 3.05) is 9.80 Å². The van der Waals surface area contributed by atoms with E-state index in [2.05, 4.69) is 252 Å². The third-order valence-corrected chi connectivity index (χ3v) is 11.0. The maximum Gasteiger partial charge on any atom is 0.185 e. The van der Waals surface area contributed by atoms with E-state index in [1.54, 1.807) is 0 Å². The minimum absolute atomic E-state index is 0.817. The normalized spacial score (nSPS) is 14.1. The van der Waals surface area contributed by atoms with Crippen molar-refractivity contribution >= 4 is 34.1 Å². The Morgan fingerprint density at radius 1 is 0.293 bits per heavy atom. The van der Waals surface area contributed by atoms with E-state index >= 15 is 0 Å². The van der Waals surface area contributed by atoms with Gasteiger partial charge in [0.1, 0.15) is 5.75 Å². The number of ether oxygens (including phenoxy) is 1. The molecule has 0 spiro atoms. The molecule has 0 aliphatic carbocycles. The Bertz CT molecular complexity index is 2710. The second kappa shape index (κ2) is 15.1. The monoisotopic (exact) mass is 744 g/mol. The zero-order valence-electron chi connectivity index (χ0n) is 31.9. The first-order valence-electron chi connectivity index (χ1n) is 19.8. The Balaban J connectivity index is 1.18. The lowest BCUT2D eigenvalue weighted by atomic mass is 9.74. The zero-order chi connectivity index (χ0) is 38.7. The van der Waals surface area contributed by atoms with Gasteiger partial charge in [-0.15, -0.1) is 0 Å². The van der Waals surface area contributed by atoms with Crippen molar-refractivity contribution in [2.24, 2.45) is 0 Å². The van der Waals surface area contributed by atoms with Crippen molar-refractivity contribution in [3.63, 3.8) is 0 Å². The van der Waals surface area contributed by atoms with E-state index in [4.69, 9.17) is 4.74 Å². The maximum atomic E-state index is 7.70. The highest BCUT2D eigenvalue weighted by molar-refractivity contribution is 5.85. The molecule has 9 aromatic carbocycles. The molecular formula is C55H40N2O. The van der Waals surface area contributed by atoms with E-state index in [9.17, 15) is 0 Å². The Morgan fingerprint density at radius 2 is 0.741 bits per heavy atom. The lowest BCUT2D eigenvalue weighted by molar-refractivity contribution is 0.152. The molecule has 3 heteroatoms. The van der Waals surface area contributed by atoms with Crippen LogP contribution in [-0.2, 0) is 5.60 Å². The van der Waals surface area contributed by atoms with Gasteiger partial charge in [-0.2, -0.15) is 0 Å². The number of nitrogens with zero attached hydrogens (tertiary/aromatic N) is 2. The second-order valence-electron chi connectivity index (χ2n) is 14.5. The third kappa shape index (κ3) is 6.29. The van der Waals surface area contributed by atoms with E-state index in [0.717, 1.165) is 78.8 Å². The van der Waals surface area contributed by atoms with E-state index in [1.165, 1.54) is 0 Å². The number of fused-ring (bicyclic) bond motifs is 3. The van der Waals surface area contributed by atoms with Crippen LogP contribution in [0, 0.1) is 0 Å². The van der Waals surface area contributed by atoms with E-state index < -0.39 is 5.60 Å². The molecule has 1 heterocycles. The Kier molecular flexibility index (Phi) is 9.09. The van der Waals surface area contributed by atoms with Gasteiger partial charge in [0.25, 0.3) is 0 Å². The van der Waals surface area contributed by atoms with Crippen LogP contribution in [0.4, 0.5) is 34.1 Å². The molecule has 0 saturated heterocycles. The number of hydrogen-bond donors (Lipinski definition) is 0. The summed E-state index contributed by atoms with van der Waals surface area (Å²) in [5.74, 6) is 0.817. The molecule has 0 amide bonds. The summed E-state index contributed by atoms with van der Waals surface area (Å²) in [6.07, 6.45) is 0. The predicted octanol–water partition coefficient (Wildman–Crippen LogP) is 14.6. The third-order valence-electron chi connectivity index (χ3n) is 11.0. The lowest BCUT2D eigenvalue weighted by Crippen LogP contribution is -2.38. The van der Waals surface area contributed by atoms with Crippen LogP contribution in [0.3, 0.4) is 0 Å². The fourth-order valence-electron chi connectivity index (χ4n) is 8.39. The summed E-state index contributed by atoms with van der Waals surface area (Å²) < 4.78 is 7.70. The quantitative estimate of drug-likeness (QED) is 0.146. The molecule has 10 rings (SSSR count). The molecular weight excluding hydrogens is 705 g/mol. The minimum Gasteiger partial charge on any atom is -0.472 e. The Morgan fingerprint density at radius 3 is 1.31 bits per heavy atom. The first-order valence-corrected chi connectivity index (χ1v) is 19.8. The van der Waals surface area contributed by atoms with E-state index in [-0.39, 0.29) is 0 Å². The van der Waals surface area contributed by atoms with Crippen molar-refractivity contribution in [1.82, 2.24) is 0 Å². The van der Waals surface area contributed by atoms with E-state index in [1.807, 2.05) is 0 Å². The van der Waals surface area contributed by atoms with Gasteiger partial charge in [-0.1, -0.05) is 158 Å². The fraction of sp³-hybridized carbons (Fsp3) is 0.0182. The van der Waals surface area contributed by atoms with Crippen LogP contribution >= 0.6 is 0 Å². The van der Waals surface area contributed by atoms with Crippen LogP contribution in [0.1, 0.15) is 16.7 Å². The standard InChI is InChI=1S/C55H40N2O/c1-6-19-41(20-7-1)42-21-18-22-44(39-42)55(43-33-35-49(36-34-43)56(45-23-8-2-9-24-45)46-25-10-3-11-26-46)53-32-17-16-31-51(53)52-38-37-50(40-54(52)58-55)57(47-27-12-4-13-28-47)48-29-14-5-15-30-48/h1-40H. The van der Waals surface area contributed by atoms with Gasteiger partial charge < -0.3 is 14.5 Å². The summed E-state index contributed by atoms with van der Waals surface area (Å²) in [7, 11) is 0. The second-order valence-corrected chi connectivity index (χ2v) is 14.5. The van der Waals surface area contributed by atoms with Crippen molar-refractivity contribution < 1.29 is 4.74 Å². The summed E-state index contributed by atoms with van der Waals surface area (Å²) in [6.45, 7) is 0. The first-order chi connectivity index (χ1) is 28.8. The molecule has 9 aromatic rings. The average Bonchev–Trinajstić information content (AvgIpc) is 3.31. The molecule has 0 bridgehead atoms. The van der Waals surface area contributed by atoms with Gasteiger partial charge in [0.2, 0.25) is 0 Å². The lowest BCUT2D eigenvalue weighted by Gasteiger charge is -2.42. The van der Waals surface area contributed by atoms with Gasteiger partial charge in [0, 0.05) is 62.4 Å². The average molecular weight is 745 g/mol. The molecule has 0 fully saturated rings. The molecule has 0 radical (unpaired) electrons. The number of benzene rings is 9. The molecule has 0 saturated carbocycles. The van der Waals surface area contributed by atoms with Crippen molar-refractivity contribution in [2.45, 2.75) is 5.60 Å². The highest BCUT2D eigenvalue weighted by atomic mass is 16.5. The summed E-state index contributed by atoms with van der Waals surface area (Å²) in [4.78, 5) is 4.59. The van der Waals surface area contributed by atoms with Crippen molar-refractivity contribution in [3.8, 4) is 28.0 Å². The minimum atomic E-state index is -0.986. The van der Waals surface area contributed by atoms with Crippen LogP contribution in [0.15, 0.2) is 243 Å². The highest BCUT2D eigenvalue weighted by Gasteiger charge is 2.45. The van der Waals surface area contributed by atoms with Gasteiger partial charge in [-0.05, 0) is 95.6 Å². The van der Waals surface area contributed by atoms with Gasteiger partial charge >= 0.3 is 0 Å². The number of hydrogen-bond acceptors (Lipinski definition) is 3. The van der Waals surface area contributed by atoms with Crippen LogP contribution in [0.25, 0.3) is 22.3 Å². The van der Waals surface area contributed by atoms with Gasteiger partial charge in [-0.25, -0.2) is 0 Å². The van der Waals surface area contributed by atoms with E-state index in [0.29, 0.717) is 0 Å². The Hall–Kier alpha value is -7.62. The molecule has 276 valence electrons. The number of para-hydroxylation sites is 4. The molecule has 1 aliphatic heterocycles. The number of rotatable bonds is 9.